The lowest BCUT2D eigenvalue weighted by atomic mass is 9.91. The van der Waals surface area contributed by atoms with Crippen LogP contribution < -0.4 is 0 Å². The van der Waals surface area contributed by atoms with Gasteiger partial charge in [0.1, 0.15) is 9.84 Å². The molecule has 4 nitrogen and oxygen atoms in total. The lowest BCUT2D eigenvalue weighted by Crippen LogP contribution is -2.21. The van der Waals surface area contributed by atoms with E-state index in [4.69, 9.17) is 11.6 Å². The normalized spacial score (nSPS) is 26.8. The number of halogens is 1. The van der Waals surface area contributed by atoms with Gasteiger partial charge in [-0.3, -0.25) is 0 Å². The van der Waals surface area contributed by atoms with Crippen molar-refractivity contribution in [2.75, 3.05) is 29.4 Å². The van der Waals surface area contributed by atoms with E-state index >= 15 is 0 Å². The first kappa shape index (κ1) is 14.3. The molecule has 7 heteroatoms. The maximum absolute atomic E-state index is 11.3. The van der Waals surface area contributed by atoms with E-state index in [9.17, 15) is 16.8 Å². The van der Waals surface area contributed by atoms with Gasteiger partial charge in [-0.05, 0) is 24.7 Å². The van der Waals surface area contributed by atoms with Gasteiger partial charge in [-0.1, -0.05) is 0 Å². The van der Waals surface area contributed by atoms with Gasteiger partial charge in [0, 0.05) is 12.1 Å². The molecule has 0 aromatic carbocycles. The third-order valence-electron chi connectivity index (χ3n) is 2.99. The van der Waals surface area contributed by atoms with Crippen LogP contribution in [0.4, 0.5) is 0 Å². The van der Waals surface area contributed by atoms with Crippen molar-refractivity contribution >= 4 is 31.3 Å². The van der Waals surface area contributed by atoms with Crippen LogP contribution in [0.1, 0.15) is 12.8 Å². The Morgan fingerprint density at radius 2 is 2.06 bits per heavy atom. The molecule has 0 saturated carbocycles. The fourth-order valence-electron chi connectivity index (χ4n) is 2.00. The van der Waals surface area contributed by atoms with E-state index in [1.807, 2.05) is 0 Å². The SMILES string of the molecule is CS(=O)(=O)CCC(CCl)C1CCS(=O)(=O)C1. The molecule has 0 aromatic rings. The minimum Gasteiger partial charge on any atom is -0.229 e. The molecule has 0 aliphatic carbocycles. The summed E-state index contributed by atoms with van der Waals surface area (Å²) in [5.74, 6) is 0.812. The predicted octanol–water partition coefficient (Wildman–Crippen LogP) is 0.711. The van der Waals surface area contributed by atoms with E-state index in [1.54, 1.807) is 0 Å². The van der Waals surface area contributed by atoms with Crippen LogP contribution in [0.15, 0.2) is 0 Å². The first-order chi connectivity index (χ1) is 7.23. The number of hydrogen-bond donors (Lipinski definition) is 0. The van der Waals surface area contributed by atoms with Crippen LogP contribution in [0.25, 0.3) is 0 Å². The molecule has 1 heterocycles. The molecule has 1 rings (SSSR count). The number of rotatable bonds is 5. The molecule has 2 atom stereocenters. The number of hydrogen-bond acceptors (Lipinski definition) is 4. The molecule has 1 fully saturated rings. The molecule has 1 saturated heterocycles. The molecular weight excluding hydrogens is 272 g/mol. The van der Waals surface area contributed by atoms with Gasteiger partial charge in [-0.15, -0.1) is 11.6 Å². The molecule has 0 N–H and O–H groups in total. The second-order valence-electron chi connectivity index (χ2n) is 4.50. The third-order valence-corrected chi connectivity index (χ3v) is 6.16. The Morgan fingerprint density at radius 3 is 2.44 bits per heavy atom. The Balaban J connectivity index is 2.56. The Kier molecular flexibility index (Phi) is 4.66. The molecule has 0 radical (unpaired) electrons. The highest BCUT2D eigenvalue weighted by atomic mass is 35.5. The Hall–Kier alpha value is 0.190. The highest BCUT2D eigenvalue weighted by molar-refractivity contribution is 7.91. The Morgan fingerprint density at radius 1 is 1.44 bits per heavy atom. The lowest BCUT2D eigenvalue weighted by Gasteiger charge is -2.19. The topological polar surface area (TPSA) is 68.3 Å². The second-order valence-corrected chi connectivity index (χ2v) is 9.29. The van der Waals surface area contributed by atoms with Gasteiger partial charge in [0.05, 0.1) is 17.3 Å². The molecule has 96 valence electrons. The smallest absolute Gasteiger partial charge is 0.150 e. The summed E-state index contributed by atoms with van der Waals surface area (Å²) < 4.78 is 44.7. The van der Waals surface area contributed by atoms with Crippen LogP contribution in [0.5, 0.6) is 0 Å². The van der Waals surface area contributed by atoms with Crippen molar-refractivity contribution in [3.8, 4) is 0 Å². The van der Waals surface area contributed by atoms with E-state index in [1.165, 1.54) is 6.26 Å². The number of alkyl halides is 1. The molecule has 0 spiro atoms. The van der Waals surface area contributed by atoms with Gasteiger partial charge in [0.2, 0.25) is 0 Å². The summed E-state index contributed by atoms with van der Waals surface area (Å²) in [5, 5.41) is 0. The average Bonchev–Trinajstić information content (AvgIpc) is 2.45. The van der Waals surface area contributed by atoms with Crippen molar-refractivity contribution in [1.29, 1.82) is 0 Å². The summed E-state index contributed by atoms with van der Waals surface area (Å²) in [6, 6.07) is 0. The lowest BCUT2D eigenvalue weighted by molar-refractivity contribution is 0.389. The van der Waals surface area contributed by atoms with Crippen molar-refractivity contribution in [3.63, 3.8) is 0 Å². The van der Waals surface area contributed by atoms with Gasteiger partial charge in [0.15, 0.2) is 9.84 Å². The van der Waals surface area contributed by atoms with Crippen molar-refractivity contribution in [2.45, 2.75) is 12.8 Å². The van der Waals surface area contributed by atoms with Crippen LogP contribution in [0, 0.1) is 11.8 Å². The molecular formula is C9H17ClO4S2. The van der Waals surface area contributed by atoms with E-state index in [0.29, 0.717) is 18.7 Å². The first-order valence-corrected chi connectivity index (χ1v) is 9.59. The summed E-state index contributed by atoms with van der Waals surface area (Å²) in [7, 11) is -5.91. The maximum Gasteiger partial charge on any atom is 0.150 e. The van der Waals surface area contributed by atoms with Crippen LogP contribution >= 0.6 is 11.6 Å². The number of sulfone groups is 2. The zero-order chi connectivity index (χ0) is 12.4. The minimum absolute atomic E-state index is 0.00586. The van der Waals surface area contributed by atoms with Crippen LogP contribution in [-0.2, 0) is 19.7 Å². The standard InChI is InChI=1S/C9H17ClO4S2/c1-15(11,12)4-2-8(6-10)9-3-5-16(13,14)7-9/h8-9H,2-7H2,1H3. The Bertz CT molecular complexity index is 426. The minimum atomic E-state index is -3.00. The Labute approximate surface area is 102 Å². The van der Waals surface area contributed by atoms with E-state index in [2.05, 4.69) is 0 Å². The van der Waals surface area contributed by atoms with E-state index < -0.39 is 19.7 Å². The molecule has 1 aliphatic rings. The van der Waals surface area contributed by atoms with Gasteiger partial charge < -0.3 is 0 Å². The van der Waals surface area contributed by atoms with Crippen molar-refractivity contribution < 1.29 is 16.8 Å². The van der Waals surface area contributed by atoms with Gasteiger partial charge >= 0.3 is 0 Å². The summed E-state index contributed by atoms with van der Waals surface area (Å²) in [5.41, 5.74) is 0. The van der Waals surface area contributed by atoms with Crippen molar-refractivity contribution in [1.82, 2.24) is 0 Å². The van der Waals surface area contributed by atoms with Crippen LogP contribution in [-0.4, -0.2) is 46.2 Å². The van der Waals surface area contributed by atoms with Gasteiger partial charge in [0.25, 0.3) is 0 Å². The highest BCUT2D eigenvalue weighted by Crippen LogP contribution is 2.29. The zero-order valence-electron chi connectivity index (χ0n) is 9.22. The zero-order valence-corrected chi connectivity index (χ0v) is 11.6. The highest BCUT2D eigenvalue weighted by Gasteiger charge is 2.33. The quantitative estimate of drug-likeness (QED) is 0.699. The summed E-state index contributed by atoms with van der Waals surface area (Å²) in [4.78, 5) is 0. The molecule has 0 aromatic heterocycles. The molecule has 1 aliphatic heterocycles. The van der Waals surface area contributed by atoms with Crippen molar-refractivity contribution in [3.05, 3.63) is 0 Å². The third kappa shape index (κ3) is 4.59. The largest absolute Gasteiger partial charge is 0.229 e. The fraction of sp³-hybridized carbons (Fsp3) is 1.00. The van der Waals surface area contributed by atoms with Gasteiger partial charge in [-0.25, -0.2) is 16.8 Å². The van der Waals surface area contributed by atoms with E-state index in [-0.39, 0.29) is 29.1 Å². The summed E-state index contributed by atoms with van der Waals surface area (Å²) in [6.45, 7) is 0. The first-order valence-electron chi connectivity index (χ1n) is 5.17. The molecule has 2 unspecified atom stereocenters. The fourth-order valence-corrected chi connectivity index (χ4v) is 5.06. The summed E-state index contributed by atoms with van der Waals surface area (Å²) in [6.07, 6.45) is 2.26. The van der Waals surface area contributed by atoms with Crippen molar-refractivity contribution in [2.24, 2.45) is 11.8 Å². The van der Waals surface area contributed by atoms with Gasteiger partial charge in [-0.2, -0.15) is 0 Å². The molecule has 16 heavy (non-hydrogen) atoms. The van der Waals surface area contributed by atoms with Crippen LogP contribution in [0.3, 0.4) is 0 Å². The predicted molar refractivity (Wildman–Crippen MR) is 65.3 cm³/mol. The van der Waals surface area contributed by atoms with E-state index in [0.717, 1.165) is 0 Å². The maximum atomic E-state index is 11.3. The second kappa shape index (κ2) is 5.23. The van der Waals surface area contributed by atoms with Crippen LogP contribution in [0.2, 0.25) is 0 Å². The molecule has 0 amide bonds. The average molecular weight is 289 g/mol. The molecule has 0 bridgehead atoms. The monoisotopic (exact) mass is 288 g/mol. The summed E-state index contributed by atoms with van der Waals surface area (Å²) >= 11 is 5.78.